The first-order valence-corrected chi connectivity index (χ1v) is 7.84. The van der Waals surface area contributed by atoms with Crippen molar-refractivity contribution in [3.63, 3.8) is 0 Å². The maximum absolute atomic E-state index is 5.44. The van der Waals surface area contributed by atoms with Gasteiger partial charge < -0.3 is 10.1 Å². The highest BCUT2D eigenvalue weighted by Crippen LogP contribution is 2.24. The van der Waals surface area contributed by atoms with E-state index in [2.05, 4.69) is 66.0 Å². The fourth-order valence-corrected chi connectivity index (χ4v) is 2.99. The lowest BCUT2D eigenvalue weighted by atomic mass is 9.91. The second-order valence-corrected chi connectivity index (χ2v) is 5.67. The van der Waals surface area contributed by atoms with Crippen molar-refractivity contribution in [1.82, 2.24) is 5.32 Å². The molecule has 0 spiro atoms. The van der Waals surface area contributed by atoms with Crippen molar-refractivity contribution < 1.29 is 4.74 Å². The molecule has 0 saturated carbocycles. The van der Waals surface area contributed by atoms with Gasteiger partial charge in [0.2, 0.25) is 0 Å². The average Bonchev–Trinajstić information content (AvgIpc) is 2.58. The Labute approximate surface area is 127 Å². The summed E-state index contributed by atoms with van der Waals surface area (Å²) in [5.41, 5.74) is 2.76. The highest BCUT2D eigenvalue weighted by atomic mass is 16.5. The standard InChI is InChI=1S/C19H23NO/c1-3-7-16(8-4-1)19(17-9-5-2-6-10-17)15-20-18-11-13-21-14-12-18/h1-10,18-20H,11-15H2. The molecule has 1 aliphatic rings. The van der Waals surface area contributed by atoms with Gasteiger partial charge in [0.1, 0.15) is 0 Å². The van der Waals surface area contributed by atoms with Crippen LogP contribution in [0.3, 0.4) is 0 Å². The lowest BCUT2D eigenvalue weighted by Crippen LogP contribution is -2.37. The molecule has 110 valence electrons. The molecule has 2 nitrogen and oxygen atoms in total. The molecule has 1 N–H and O–H groups in total. The van der Waals surface area contributed by atoms with E-state index in [4.69, 9.17) is 4.74 Å². The van der Waals surface area contributed by atoms with Gasteiger partial charge in [0.25, 0.3) is 0 Å². The minimum atomic E-state index is 0.412. The number of ether oxygens (including phenoxy) is 1. The molecule has 21 heavy (non-hydrogen) atoms. The van der Waals surface area contributed by atoms with E-state index in [0.717, 1.165) is 32.6 Å². The van der Waals surface area contributed by atoms with Gasteiger partial charge in [0.05, 0.1) is 0 Å². The summed E-state index contributed by atoms with van der Waals surface area (Å²) in [5, 5.41) is 3.74. The van der Waals surface area contributed by atoms with Crippen LogP contribution >= 0.6 is 0 Å². The molecule has 1 fully saturated rings. The second kappa shape index (κ2) is 7.39. The third kappa shape index (κ3) is 3.93. The first-order valence-electron chi connectivity index (χ1n) is 7.84. The first kappa shape index (κ1) is 14.3. The van der Waals surface area contributed by atoms with Crippen LogP contribution in [-0.4, -0.2) is 25.8 Å². The van der Waals surface area contributed by atoms with E-state index < -0.39 is 0 Å². The number of hydrogen-bond donors (Lipinski definition) is 1. The first-order chi connectivity index (χ1) is 10.4. The second-order valence-electron chi connectivity index (χ2n) is 5.67. The van der Waals surface area contributed by atoms with Gasteiger partial charge in [-0.05, 0) is 24.0 Å². The number of hydrogen-bond acceptors (Lipinski definition) is 2. The van der Waals surface area contributed by atoms with E-state index in [9.17, 15) is 0 Å². The summed E-state index contributed by atoms with van der Waals surface area (Å²) >= 11 is 0. The van der Waals surface area contributed by atoms with Crippen LogP contribution in [0.15, 0.2) is 60.7 Å². The molecule has 1 aliphatic heterocycles. The number of benzene rings is 2. The van der Waals surface area contributed by atoms with Crippen LogP contribution in [0, 0.1) is 0 Å². The van der Waals surface area contributed by atoms with Crippen molar-refractivity contribution in [1.29, 1.82) is 0 Å². The Kier molecular flexibility index (Phi) is 5.03. The summed E-state index contributed by atoms with van der Waals surface area (Å²) in [7, 11) is 0. The molecule has 2 aromatic rings. The zero-order chi connectivity index (χ0) is 14.3. The Morgan fingerprint density at radius 1 is 0.857 bits per heavy atom. The molecule has 3 rings (SSSR count). The van der Waals surface area contributed by atoms with Crippen molar-refractivity contribution in [2.45, 2.75) is 24.8 Å². The molecule has 1 saturated heterocycles. The van der Waals surface area contributed by atoms with Crippen molar-refractivity contribution >= 4 is 0 Å². The van der Waals surface area contributed by atoms with E-state index >= 15 is 0 Å². The fourth-order valence-electron chi connectivity index (χ4n) is 2.99. The van der Waals surface area contributed by atoms with Crippen LogP contribution in [0.5, 0.6) is 0 Å². The van der Waals surface area contributed by atoms with E-state index in [-0.39, 0.29) is 0 Å². The monoisotopic (exact) mass is 281 g/mol. The Morgan fingerprint density at radius 2 is 1.38 bits per heavy atom. The van der Waals surface area contributed by atoms with Crippen molar-refractivity contribution in [3.05, 3.63) is 71.8 Å². The molecule has 2 heteroatoms. The van der Waals surface area contributed by atoms with Crippen molar-refractivity contribution in [3.8, 4) is 0 Å². The average molecular weight is 281 g/mol. The maximum atomic E-state index is 5.44. The molecule has 0 unspecified atom stereocenters. The van der Waals surface area contributed by atoms with Gasteiger partial charge in [-0.2, -0.15) is 0 Å². The van der Waals surface area contributed by atoms with E-state index in [1.807, 2.05) is 0 Å². The van der Waals surface area contributed by atoms with Crippen LogP contribution in [0.1, 0.15) is 29.9 Å². The largest absolute Gasteiger partial charge is 0.381 e. The van der Waals surface area contributed by atoms with Gasteiger partial charge in [-0.15, -0.1) is 0 Å². The normalized spacial score (nSPS) is 16.2. The van der Waals surface area contributed by atoms with Crippen LogP contribution in [-0.2, 0) is 4.74 Å². The quantitative estimate of drug-likeness (QED) is 0.904. The minimum Gasteiger partial charge on any atom is -0.381 e. The molecular formula is C19H23NO. The smallest absolute Gasteiger partial charge is 0.0480 e. The van der Waals surface area contributed by atoms with Crippen LogP contribution < -0.4 is 5.32 Å². The summed E-state index contributed by atoms with van der Waals surface area (Å²) in [6.45, 7) is 2.76. The van der Waals surface area contributed by atoms with Crippen LogP contribution in [0.4, 0.5) is 0 Å². The number of rotatable bonds is 5. The summed E-state index contributed by atoms with van der Waals surface area (Å²) in [4.78, 5) is 0. The van der Waals surface area contributed by atoms with E-state index in [1.54, 1.807) is 0 Å². The predicted octanol–water partition coefficient (Wildman–Crippen LogP) is 3.59. The molecular weight excluding hydrogens is 258 g/mol. The molecule has 0 atom stereocenters. The molecule has 2 aromatic carbocycles. The molecule has 0 bridgehead atoms. The van der Waals surface area contributed by atoms with Gasteiger partial charge in [-0.1, -0.05) is 60.7 Å². The van der Waals surface area contributed by atoms with E-state index in [1.165, 1.54) is 11.1 Å². The Bertz CT molecular complexity index is 480. The summed E-state index contributed by atoms with van der Waals surface area (Å²) < 4.78 is 5.44. The molecule has 0 aromatic heterocycles. The Hall–Kier alpha value is -1.64. The van der Waals surface area contributed by atoms with Gasteiger partial charge in [-0.25, -0.2) is 0 Å². The molecule has 1 heterocycles. The molecule has 0 amide bonds. The highest BCUT2D eigenvalue weighted by molar-refractivity contribution is 5.32. The molecule has 0 aliphatic carbocycles. The van der Waals surface area contributed by atoms with Crippen LogP contribution in [0.2, 0.25) is 0 Å². The summed E-state index contributed by atoms with van der Waals surface area (Å²) in [5.74, 6) is 0.412. The zero-order valence-corrected chi connectivity index (χ0v) is 12.4. The van der Waals surface area contributed by atoms with Gasteiger partial charge in [0, 0.05) is 31.7 Å². The SMILES string of the molecule is c1ccc(C(CNC2CCOCC2)c2ccccc2)cc1. The molecule has 0 radical (unpaired) electrons. The lowest BCUT2D eigenvalue weighted by molar-refractivity contribution is 0.0779. The fraction of sp³-hybridized carbons (Fsp3) is 0.368. The predicted molar refractivity (Wildman–Crippen MR) is 86.6 cm³/mol. The topological polar surface area (TPSA) is 21.3 Å². The summed E-state index contributed by atoms with van der Waals surface area (Å²) in [6, 6.07) is 22.2. The minimum absolute atomic E-state index is 0.412. The number of nitrogens with one attached hydrogen (secondary N) is 1. The summed E-state index contributed by atoms with van der Waals surface area (Å²) in [6.07, 6.45) is 2.24. The van der Waals surface area contributed by atoms with Crippen LogP contribution in [0.25, 0.3) is 0 Å². The third-order valence-corrected chi connectivity index (χ3v) is 4.24. The third-order valence-electron chi connectivity index (χ3n) is 4.24. The highest BCUT2D eigenvalue weighted by Gasteiger charge is 2.18. The van der Waals surface area contributed by atoms with Crippen molar-refractivity contribution in [2.75, 3.05) is 19.8 Å². The van der Waals surface area contributed by atoms with Gasteiger partial charge in [0.15, 0.2) is 0 Å². The van der Waals surface area contributed by atoms with Gasteiger partial charge >= 0.3 is 0 Å². The van der Waals surface area contributed by atoms with Crippen molar-refractivity contribution in [2.24, 2.45) is 0 Å². The van der Waals surface area contributed by atoms with Gasteiger partial charge in [-0.3, -0.25) is 0 Å². The maximum Gasteiger partial charge on any atom is 0.0480 e. The van der Waals surface area contributed by atoms with E-state index in [0.29, 0.717) is 12.0 Å². The zero-order valence-electron chi connectivity index (χ0n) is 12.4. The lowest BCUT2D eigenvalue weighted by Gasteiger charge is -2.26. The Balaban J connectivity index is 1.73. The Morgan fingerprint density at radius 3 is 1.90 bits per heavy atom.